The lowest BCUT2D eigenvalue weighted by Crippen LogP contribution is -2.30. The van der Waals surface area contributed by atoms with Crippen molar-refractivity contribution in [2.45, 2.75) is 11.8 Å². The van der Waals surface area contributed by atoms with Crippen LogP contribution in [0.15, 0.2) is 108 Å². The van der Waals surface area contributed by atoms with Crippen LogP contribution in [0.4, 0.5) is 22.7 Å². The molecule has 4 rings (SSSR count). The zero-order valence-corrected chi connectivity index (χ0v) is 24.0. The number of rotatable bonds is 11. The molecule has 44 heavy (non-hydrogen) atoms. The Labute approximate surface area is 255 Å². The molecule has 0 aromatic heterocycles. The lowest BCUT2D eigenvalue weighted by Gasteiger charge is -2.12. The number of carbonyl (C=O) groups is 3. The Hall–Kier alpha value is -5.82. The molecule has 4 aromatic carbocycles. The van der Waals surface area contributed by atoms with Gasteiger partial charge in [0.2, 0.25) is 5.91 Å². The molecule has 0 heterocycles. The number of nitro benzene ring substituents is 2. The molecule has 0 saturated heterocycles. The molecule has 13 heteroatoms. The standard InChI is InChI=1S/C31H25N5O7S/c1-20-16-24(35(40)41)14-15-26(20)33-29(37)19-44-25-12-7-11-23(18-25)32-31(39)27(34-30(38)21-8-3-2-4-9-21)17-22-10-5-6-13-28(22)36(42)43/h2-18H,19H2,1H3,(H,32,39)(H,33,37)(H,34,38)/b27-17+. The van der Waals surface area contributed by atoms with Gasteiger partial charge in [0.1, 0.15) is 5.70 Å². The van der Waals surface area contributed by atoms with Gasteiger partial charge in [-0.1, -0.05) is 36.4 Å². The maximum Gasteiger partial charge on any atom is 0.276 e. The van der Waals surface area contributed by atoms with E-state index in [1.165, 1.54) is 54.2 Å². The maximum atomic E-state index is 13.4. The van der Waals surface area contributed by atoms with Crippen molar-refractivity contribution in [3.05, 3.63) is 140 Å². The van der Waals surface area contributed by atoms with E-state index in [-0.39, 0.29) is 39.9 Å². The zero-order chi connectivity index (χ0) is 31.6. The van der Waals surface area contributed by atoms with Crippen LogP contribution in [-0.2, 0) is 9.59 Å². The fraction of sp³-hybridized carbons (Fsp3) is 0.0645. The van der Waals surface area contributed by atoms with Gasteiger partial charge in [-0.05, 0) is 61.0 Å². The average molecular weight is 612 g/mol. The van der Waals surface area contributed by atoms with Gasteiger partial charge in [0.25, 0.3) is 23.2 Å². The minimum Gasteiger partial charge on any atom is -0.325 e. The summed E-state index contributed by atoms with van der Waals surface area (Å²) >= 11 is 1.20. The Morgan fingerprint density at radius 1 is 0.818 bits per heavy atom. The Morgan fingerprint density at radius 2 is 1.55 bits per heavy atom. The third kappa shape index (κ3) is 8.36. The third-order valence-corrected chi connectivity index (χ3v) is 7.11. The number of carbonyl (C=O) groups excluding carboxylic acids is 3. The number of hydrogen-bond acceptors (Lipinski definition) is 8. The second-order valence-electron chi connectivity index (χ2n) is 9.27. The number of anilines is 2. The summed E-state index contributed by atoms with van der Waals surface area (Å²) in [6.07, 6.45) is 1.23. The molecule has 0 unspecified atom stereocenters. The van der Waals surface area contributed by atoms with Gasteiger partial charge in [-0.2, -0.15) is 0 Å². The second kappa shape index (κ2) is 14.4. The van der Waals surface area contributed by atoms with E-state index in [4.69, 9.17) is 0 Å². The van der Waals surface area contributed by atoms with Crippen LogP contribution in [0.25, 0.3) is 6.08 Å². The highest BCUT2D eigenvalue weighted by Crippen LogP contribution is 2.25. The molecule has 0 saturated carbocycles. The number of benzene rings is 4. The lowest BCUT2D eigenvalue weighted by molar-refractivity contribution is -0.385. The molecule has 0 radical (unpaired) electrons. The predicted octanol–water partition coefficient (Wildman–Crippen LogP) is 5.95. The highest BCUT2D eigenvalue weighted by molar-refractivity contribution is 8.00. The van der Waals surface area contributed by atoms with E-state index in [0.29, 0.717) is 21.8 Å². The first-order valence-corrected chi connectivity index (χ1v) is 14.0. The van der Waals surface area contributed by atoms with Gasteiger partial charge < -0.3 is 16.0 Å². The van der Waals surface area contributed by atoms with Crippen molar-refractivity contribution in [3.63, 3.8) is 0 Å². The number of nitrogens with zero attached hydrogens (tertiary/aromatic N) is 2. The predicted molar refractivity (Wildman–Crippen MR) is 167 cm³/mol. The molecular formula is C31H25N5O7S. The van der Waals surface area contributed by atoms with Crippen LogP contribution in [-0.4, -0.2) is 33.3 Å². The summed E-state index contributed by atoms with van der Waals surface area (Å²) in [5.41, 5.74) is 1.23. The molecule has 3 amide bonds. The summed E-state index contributed by atoms with van der Waals surface area (Å²) in [4.78, 5) is 60.8. The van der Waals surface area contributed by atoms with Crippen molar-refractivity contribution in [1.82, 2.24) is 5.32 Å². The maximum absolute atomic E-state index is 13.4. The van der Waals surface area contributed by atoms with Gasteiger partial charge in [-0.15, -0.1) is 11.8 Å². The monoisotopic (exact) mass is 611 g/mol. The van der Waals surface area contributed by atoms with Crippen LogP contribution < -0.4 is 16.0 Å². The van der Waals surface area contributed by atoms with Gasteiger partial charge in [0.05, 0.1) is 21.2 Å². The molecular weight excluding hydrogens is 586 g/mol. The second-order valence-corrected chi connectivity index (χ2v) is 10.3. The average Bonchev–Trinajstić information content (AvgIpc) is 3.01. The Balaban J connectivity index is 1.48. The van der Waals surface area contributed by atoms with E-state index in [1.807, 2.05) is 0 Å². The minimum atomic E-state index is -0.721. The number of nitrogens with one attached hydrogen (secondary N) is 3. The van der Waals surface area contributed by atoms with Crippen molar-refractivity contribution in [3.8, 4) is 0 Å². The Morgan fingerprint density at radius 3 is 2.25 bits per heavy atom. The fourth-order valence-electron chi connectivity index (χ4n) is 3.97. The molecule has 0 aliphatic heterocycles. The highest BCUT2D eigenvalue weighted by Gasteiger charge is 2.19. The number of thioether (sulfide) groups is 1. The summed E-state index contributed by atoms with van der Waals surface area (Å²) in [6.45, 7) is 1.66. The highest BCUT2D eigenvalue weighted by atomic mass is 32.2. The van der Waals surface area contributed by atoms with Crippen molar-refractivity contribution < 1.29 is 24.2 Å². The summed E-state index contributed by atoms with van der Waals surface area (Å²) in [6, 6.07) is 24.8. The molecule has 0 spiro atoms. The first-order valence-electron chi connectivity index (χ1n) is 13.0. The van der Waals surface area contributed by atoms with Crippen molar-refractivity contribution >= 4 is 58.3 Å². The number of para-hydroxylation sites is 1. The summed E-state index contributed by atoms with van der Waals surface area (Å²) in [7, 11) is 0. The summed E-state index contributed by atoms with van der Waals surface area (Å²) in [5.74, 6) is -1.62. The van der Waals surface area contributed by atoms with E-state index in [2.05, 4.69) is 16.0 Å². The molecule has 12 nitrogen and oxygen atoms in total. The number of amides is 3. The van der Waals surface area contributed by atoms with E-state index in [9.17, 15) is 34.6 Å². The van der Waals surface area contributed by atoms with Gasteiger partial charge in [-0.25, -0.2) is 0 Å². The molecule has 4 aromatic rings. The van der Waals surface area contributed by atoms with Crippen LogP contribution in [0, 0.1) is 27.2 Å². The lowest BCUT2D eigenvalue weighted by atomic mass is 10.1. The van der Waals surface area contributed by atoms with Crippen LogP contribution >= 0.6 is 11.8 Å². The first-order chi connectivity index (χ1) is 21.1. The van der Waals surface area contributed by atoms with E-state index in [1.54, 1.807) is 67.6 Å². The SMILES string of the molecule is Cc1cc([N+](=O)[O-])ccc1NC(=O)CSc1cccc(NC(=O)/C(=C\c2ccccc2[N+](=O)[O-])NC(=O)c2ccccc2)c1. The number of hydrogen-bond donors (Lipinski definition) is 3. The van der Waals surface area contributed by atoms with Gasteiger partial charge in [0.15, 0.2) is 0 Å². The quantitative estimate of drug-likeness (QED) is 0.0807. The number of non-ortho nitro benzene ring substituents is 1. The van der Waals surface area contributed by atoms with Crippen LogP contribution in [0.2, 0.25) is 0 Å². The molecule has 0 aliphatic rings. The van der Waals surface area contributed by atoms with Crippen LogP contribution in [0.5, 0.6) is 0 Å². The van der Waals surface area contributed by atoms with Crippen LogP contribution in [0.3, 0.4) is 0 Å². The zero-order valence-electron chi connectivity index (χ0n) is 23.2. The molecule has 0 fully saturated rings. The molecule has 222 valence electrons. The molecule has 3 N–H and O–H groups in total. The normalized spacial score (nSPS) is 10.9. The van der Waals surface area contributed by atoms with E-state index < -0.39 is 21.7 Å². The van der Waals surface area contributed by atoms with Crippen LogP contribution in [0.1, 0.15) is 21.5 Å². The largest absolute Gasteiger partial charge is 0.325 e. The molecule has 0 bridgehead atoms. The number of aryl methyl sites for hydroxylation is 1. The van der Waals surface area contributed by atoms with Crippen molar-refractivity contribution in [2.75, 3.05) is 16.4 Å². The van der Waals surface area contributed by atoms with E-state index >= 15 is 0 Å². The third-order valence-electron chi connectivity index (χ3n) is 6.12. The van der Waals surface area contributed by atoms with Gasteiger partial charge in [-0.3, -0.25) is 34.6 Å². The molecule has 0 atom stereocenters. The Kier molecular flexibility index (Phi) is 10.2. The smallest absolute Gasteiger partial charge is 0.276 e. The molecule has 0 aliphatic carbocycles. The van der Waals surface area contributed by atoms with Gasteiger partial charge in [0, 0.05) is 40.0 Å². The van der Waals surface area contributed by atoms with E-state index in [0.717, 1.165) is 0 Å². The fourth-order valence-corrected chi connectivity index (χ4v) is 4.73. The first kappa shape index (κ1) is 31.1. The summed E-state index contributed by atoms with van der Waals surface area (Å²) < 4.78 is 0. The van der Waals surface area contributed by atoms with Crippen molar-refractivity contribution in [1.29, 1.82) is 0 Å². The summed E-state index contributed by atoms with van der Waals surface area (Å²) in [5, 5.41) is 30.5. The topological polar surface area (TPSA) is 174 Å². The Bertz CT molecular complexity index is 1780. The number of nitro groups is 2. The van der Waals surface area contributed by atoms with Crippen molar-refractivity contribution in [2.24, 2.45) is 0 Å². The van der Waals surface area contributed by atoms with Gasteiger partial charge >= 0.3 is 0 Å². The minimum absolute atomic E-state index is 0.0176.